The van der Waals surface area contributed by atoms with E-state index in [9.17, 15) is 22.8 Å². The van der Waals surface area contributed by atoms with E-state index in [4.69, 9.17) is 4.74 Å². The Kier molecular flexibility index (Phi) is 5.31. The summed E-state index contributed by atoms with van der Waals surface area (Å²) in [5.74, 6) is -0.456. The lowest BCUT2D eigenvalue weighted by atomic mass is 10.1. The number of rotatable bonds is 4. The minimum atomic E-state index is -4.59. The van der Waals surface area contributed by atoms with Crippen molar-refractivity contribution in [2.24, 2.45) is 0 Å². The molecule has 0 fully saturated rings. The summed E-state index contributed by atoms with van der Waals surface area (Å²) in [5, 5.41) is 4.18. The number of ether oxygens (including phenoxy) is 1. The van der Waals surface area contributed by atoms with Crippen molar-refractivity contribution in [3.05, 3.63) is 48.0 Å². The third-order valence-corrected chi connectivity index (χ3v) is 5.14. The number of nitrogens with one attached hydrogen (secondary N) is 2. The van der Waals surface area contributed by atoms with Crippen LogP contribution in [0.2, 0.25) is 0 Å². The molecule has 2 aromatic rings. The summed E-state index contributed by atoms with van der Waals surface area (Å²) in [6.45, 7) is 0. The highest BCUT2D eigenvalue weighted by molar-refractivity contribution is 8.01. The zero-order chi connectivity index (χ0) is 19.6. The Hall–Kier alpha value is -2.68. The molecule has 0 bridgehead atoms. The van der Waals surface area contributed by atoms with E-state index in [0.29, 0.717) is 11.4 Å². The molecular weight excluding hydrogens is 381 g/mol. The van der Waals surface area contributed by atoms with Crippen molar-refractivity contribution >= 4 is 35.0 Å². The molecule has 0 spiro atoms. The molecule has 0 radical (unpaired) electrons. The highest BCUT2D eigenvalue weighted by atomic mass is 32.2. The Morgan fingerprint density at radius 1 is 1.26 bits per heavy atom. The van der Waals surface area contributed by atoms with Crippen molar-refractivity contribution in [1.82, 2.24) is 0 Å². The number of methoxy groups -OCH3 is 1. The van der Waals surface area contributed by atoms with E-state index in [1.165, 1.54) is 37.1 Å². The summed E-state index contributed by atoms with van der Waals surface area (Å²) in [4.78, 5) is 25.2. The molecule has 1 heterocycles. The molecule has 0 aromatic heterocycles. The molecule has 9 heteroatoms. The lowest BCUT2D eigenvalue weighted by Crippen LogP contribution is -2.32. The highest BCUT2D eigenvalue weighted by Crippen LogP contribution is 2.39. The molecule has 0 saturated carbocycles. The van der Waals surface area contributed by atoms with Gasteiger partial charge in [-0.05, 0) is 30.3 Å². The van der Waals surface area contributed by atoms with Gasteiger partial charge in [0.15, 0.2) is 0 Å². The smallest absolute Gasteiger partial charge is 0.418 e. The fourth-order valence-electron chi connectivity index (χ4n) is 2.59. The number of fused-ring (bicyclic) bond motifs is 1. The number of halogens is 3. The van der Waals surface area contributed by atoms with Crippen LogP contribution in [0, 0.1) is 0 Å². The second-order valence-electron chi connectivity index (χ2n) is 5.75. The van der Waals surface area contributed by atoms with Gasteiger partial charge in [-0.25, -0.2) is 0 Å². The first-order valence-corrected chi connectivity index (χ1v) is 8.77. The molecule has 1 aliphatic rings. The van der Waals surface area contributed by atoms with Crippen molar-refractivity contribution in [3.8, 4) is 5.75 Å². The molecule has 2 aromatic carbocycles. The number of benzene rings is 2. The Labute approximate surface area is 157 Å². The van der Waals surface area contributed by atoms with E-state index in [1.54, 1.807) is 18.2 Å². The molecule has 0 saturated heterocycles. The molecule has 142 valence electrons. The van der Waals surface area contributed by atoms with Crippen LogP contribution >= 0.6 is 11.8 Å². The van der Waals surface area contributed by atoms with E-state index in [0.717, 1.165) is 11.0 Å². The maximum Gasteiger partial charge on any atom is 0.418 e. The van der Waals surface area contributed by atoms with E-state index in [2.05, 4.69) is 10.6 Å². The normalized spacial score (nSPS) is 16.3. The predicted octanol–water partition coefficient (Wildman–Crippen LogP) is 4.16. The van der Waals surface area contributed by atoms with Gasteiger partial charge in [0.2, 0.25) is 11.8 Å². The van der Waals surface area contributed by atoms with Gasteiger partial charge in [0.25, 0.3) is 0 Å². The average Bonchev–Trinajstić information content (AvgIpc) is 2.61. The van der Waals surface area contributed by atoms with Gasteiger partial charge in [-0.15, -0.1) is 11.8 Å². The number of amides is 2. The number of hydrogen-bond donors (Lipinski definition) is 2. The topological polar surface area (TPSA) is 67.4 Å². The number of para-hydroxylation sites is 1. The highest BCUT2D eigenvalue weighted by Gasteiger charge is 2.34. The summed E-state index contributed by atoms with van der Waals surface area (Å²) in [6.07, 6.45) is -4.85. The summed E-state index contributed by atoms with van der Waals surface area (Å²) in [6, 6.07) is 9.82. The van der Waals surface area contributed by atoms with E-state index >= 15 is 0 Å². The second kappa shape index (κ2) is 7.51. The lowest BCUT2D eigenvalue weighted by molar-refractivity contribution is -0.137. The van der Waals surface area contributed by atoms with Gasteiger partial charge in [-0.1, -0.05) is 12.1 Å². The molecule has 27 heavy (non-hydrogen) atoms. The molecular formula is C18H15F3N2O3S. The van der Waals surface area contributed by atoms with Crippen LogP contribution in [0.15, 0.2) is 47.4 Å². The van der Waals surface area contributed by atoms with Crippen LogP contribution in [0.25, 0.3) is 0 Å². The van der Waals surface area contributed by atoms with Gasteiger partial charge in [0, 0.05) is 11.3 Å². The van der Waals surface area contributed by atoms with Crippen LogP contribution in [0.5, 0.6) is 5.75 Å². The Morgan fingerprint density at radius 2 is 2.00 bits per heavy atom. The van der Waals surface area contributed by atoms with Crippen LogP contribution in [0.3, 0.4) is 0 Å². The number of thioether (sulfide) groups is 1. The third kappa shape index (κ3) is 4.36. The molecule has 0 unspecified atom stereocenters. The van der Waals surface area contributed by atoms with E-state index < -0.39 is 22.9 Å². The molecule has 5 nitrogen and oxygen atoms in total. The van der Waals surface area contributed by atoms with Crippen molar-refractivity contribution in [1.29, 1.82) is 0 Å². The first-order chi connectivity index (χ1) is 12.8. The number of carbonyl (C=O) groups is 2. The summed E-state index contributed by atoms with van der Waals surface area (Å²) >= 11 is 1.17. The number of alkyl halides is 3. The van der Waals surface area contributed by atoms with Crippen molar-refractivity contribution < 1.29 is 27.5 Å². The van der Waals surface area contributed by atoms with Crippen LogP contribution in [-0.4, -0.2) is 24.2 Å². The lowest BCUT2D eigenvalue weighted by Gasteiger charge is -2.24. The van der Waals surface area contributed by atoms with Crippen molar-refractivity contribution in [2.45, 2.75) is 22.7 Å². The van der Waals surface area contributed by atoms with Crippen LogP contribution < -0.4 is 15.4 Å². The van der Waals surface area contributed by atoms with Crippen LogP contribution in [0.4, 0.5) is 24.5 Å². The number of hydrogen-bond acceptors (Lipinski definition) is 4. The molecule has 2 N–H and O–H groups in total. The van der Waals surface area contributed by atoms with Gasteiger partial charge < -0.3 is 15.4 Å². The van der Waals surface area contributed by atoms with Gasteiger partial charge in [-0.2, -0.15) is 13.2 Å². The quantitative estimate of drug-likeness (QED) is 0.815. The summed E-state index contributed by atoms with van der Waals surface area (Å²) in [7, 11) is 1.51. The standard InChI is InChI=1S/C18H15F3N2O3S/c1-26-10-6-7-13-14(8-10)27-15(17(25)23-13)9-16(24)22-12-5-3-2-4-11(12)18(19,20)21/h2-8,15H,9H2,1H3,(H,22,24)(H,23,25)/t15-/m0/s1. The van der Waals surface area contributed by atoms with Crippen molar-refractivity contribution in [2.75, 3.05) is 17.7 Å². The molecule has 1 atom stereocenters. The Bertz CT molecular complexity index is 886. The minimum absolute atomic E-state index is 0.265. The summed E-state index contributed by atoms with van der Waals surface area (Å²) < 4.78 is 44.2. The Morgan fingerprint density at radius 3 is 2.70 bits per heavy atom. The first-order valence-electron chi connectivity index (χ1n) is 7.89. The molecule has 2 amide bonds. The summed E-state index contributed by atoms with van der Waals surface area (Å²) in [5.41, 5.74) is -0.669. The monoisotopic (exact) mass is 396 g/mol. The van der Waals surface area contributed by atoms with Crippen LogP contribution in [-0.2, 0) is 15.8 Å². The molecule has 1 aliphatic heterocycles. The fraction of sp³-hybridized carbons (Fsp3) is 0.222. The number of anilines is 2. The van der Waals surface area contributed by atoms with Gasteiger partial charge >= 0.3 is 6.18 Å². The third-order valence-electron chi connectivity index (χ3n) is 3.89. The zero-order valence-electron chi connectivity index (χ0n) is 14.1. The van der Waals surface area contributed by atoms with Gasteiger partial charge in [0.05, 0.1) is 29.3 Å². The first kappa shape index (κ1) is 19.1. The van der Waals surface area contributed by atoms with Gasteiger partial charge in [0.1, 0.15) is 5.75 Å². The second-order valence-corrected chi connectivity index (χ2v) is 7.00. The average molecular weight is 396 g/mol. The molecule has 0 aliphatic carbocycles. The van der Waals surface area contributed by atoms with Crippen molar-refractivity contribution in [3.63, 3.8) is 0 Å². The zero-order valence-corrected chi connectivity index (χ0v) is 14.9. The van der Waals surface area contributed by atoms with E-state index in [1.807, 2.05) is 0 Å². The minimum Gasteiger partial charge on any atom is -0.497 e. The fourth-order valence-corrected chi connectivity index (χ4v) is 3.73. The predicted molar refractivity (Wildman–Crippen MR) is 96.0 cm³/mol. The SMILES string of the molecule is COc1ccc2c(c1)S[C@@H](CC(=O)Nc1ccccc1C(F)(F)F)C(=O)N2. The van der Waals surface area contributed by atoms with Gasteiger partial charge in [-0.3, -0.25) is 9.59 Å². The molecule has 3 rings (SSSR count). The van der Waals surface area contributed by atoms with Crippen LogP contribution in [0.1, 0.15) is 12.0 Å². The largest absolute Gasteiger partial charge is 0.497 e. The van der Waals surface area contributed by atoms with E-state index in [-0.39, 0.29) is 18.0 Å². The number of carbonyl (C=O) groups excluding carboxylic acids is 2. The maximum atomic E-state index is 13.0. The maximum absolute atomic E-state index is 13.0. The Balaban J connectivity index is 1.72.